The van der Waals surface area contributed by atoms with Crippen molar-refractivity contribution in [2.45, 2.75) is 45.9 Å². The molecule has 0 spiro atoms. The van der Waals surface area contributed by atoms with Gasteiger partial charge in [0.1, 0.15) is 5.60 Å². The lowest BCUT2D eigenvalue weighted by Gasteiger charge is -2.41. The summed E-state index contributed by atoms with van der Waals surface area (Å²) in [4.78, 5) is 24.9. The van der Waals surface area contributed by atoms with E-state index in [0.717, 1.165) is 5.56 Å². The highest BCUT2D eigenvalue weighted by atomic mass is 16.6. The quantitative estimate of drug-likeness (QED) is 0.832. The zero-order chi connectivity index (χ0) is 18.7. The Balaban J connectivity index is 1.77. The zero-order valence-corrected chi connectivity index (χ0v) is 15.7. The van der Waals surface area contributed by atoms with Crippen LogP contribution in [0.2, 0.25) is 0 Å². The summed E-state index contributed by atoms with van der Waals surface area (Å²) < 4.78 is 10.6. The smallest absolute Gasteiger partial charge is 0.410 e. The fraction of sp³-hybridized carbons (Fsp3) is 0.556. The van der Waals surface area contributed by atoms with Crippen LogP contribution in [0.4, 0.5) is 4.79 Å². The van der Waals surface area contributed by atoms with Crippen LogP contribution >= 0.6 is 0 Å². The summed E-state index contributed by atoms with van der Waals surface area (Å²) >= 11 is 0. The molecule has 1 aliphatic rings. The maximum atomic E-state index is 12.5. The minimum Gasteiger partial charge on any atom is -0.444 e. The minimum atomic E-state index is -0.511. The monoisotopic (exact) mass is 359 g/mol. The average Bonchev–Trinajstić information content (AvgIpc) is 2.99. The van der Waals surface area contributed by atoms with Crippen LogP contribution in [-0.2, 0) is 11.3 Å². The Kier molecular flexibility index (Phi) is 5.22. The number of ether oxygens (including phenoxy) is 1. The van der Waals surface area contributed by atoms with Gasteiger partial charge in [0.15, 0.2) is 5.82 Å². The van der Waals surface area contributed by atoms with E-state index in [1.807, 2.05) is 32.9 Å². The summed E-state index contributed by atoms with van der Waals surface area (Å²) in [5.41, 5.74) is 0.580. The Morgan fingerprint density at radius 3 is 2.65 bits per heavy atom. The number of carbonyl (C=O) groups excluding carboxylic acids is 1. The Morgan fingerprint density at radius 2 is 2.04 bits per heavy atom. The van der Waals surface area contributed by atoms with Crippen LogP contribution in [0.3, 0.4) is 0 Å². The number of hydrogen-bond donors (Lipinski definition) is 0. The van der Waals surface area contributed by atoms with Crippen LogP contribution in [0.5, 0.6) is 0 Å². The van der Waals surface area contributed by atoms with Crippen molar-refractivity contribution >= 4 is 6.09 Å². The van der Waals surface area contributed by atoms with E-state index in [2.05, 4.69) is 20.0 Å². The summed E-state index contributed by atoms with van der Waals surface area (Å²) in [5, 5.41) is 4.00. The first kappa shape index (κ1) is 18.3. The Hall–Kier alpha value is -2.48. The van der Waals surface area contributed by atoms with E-state index in [1.165, 1.54) is 0 Å². The number of piperazine rings is 1. The largest absolute Gasteiger partial charge is 0.444 e. The summed E-state index contributed by atoms with van der Waals surface area (Å²) in [7, 11) is 0. The molecule has 1 unspecified atom stereocenters. The fourth-order valence-corrected chi connectivity index (χ4v) is 2.99. The molecule has 8 nitrogen and oxygen atoms in total. The molecule has 1 saturated heterocycles. The second-order valence-electron chi connectivity index (χ2n) is 7.42. The number of aryl methyl sites for hydroxylation is 1. The molecule has 0 saturated carbocycles. The number of nitrogens with zero attached hydrogens (tertiary/aromatic N) is 5. The highest BCUT2D eigenvalue weighted by Crippen LogP contribution is 2.27. The topological polar surface area (TPSA) is 84.6 Å². The van der Waals surface area contributed by atoms with Gasteiger partial charge < -0.3 is 14.2 Å². The van der Waals surface area contributed by atoms with E-state index in [4.69, 9.17) is 9.26 Å². The van der Waals surface area contributed by atoms with Crippen molar-refractivity contribution in [1.29, 1.82) is 0 Å². The molecular weight excluding hydrogens is 334 g/mol. The van der Waals surface area contributed by atoms with Gasteiger partial charge in [-0.05, 0) is 38.5 Å². The van der Waals surface area contributed by atoms with Gasteiger partial charge in [-0.3, -0.25) is 9.88 Å². The number of hydrogen-bond acceptors (Lipinski definition) is 7. The number of rotatable bonds is 3. The van der Waals surface area contributed by atoms with Crippen molar-refractivity contribution < 1.29 is 14.1 Å². The number of aromatic nitrogens is 3. The molecule has 3 heterocycles. The van der Waals surface area contributed by atoms with Crippen molar-refractivity contribution in [3.8, 4) is 0 Å². The Bertz CT molecular complexity index is 741. The van der Waals surface area contributed by atoms with Gasteiger partial charge in [-0.1, -0.05) is 5.16 Å². The summed E-state index contributed by atoms with van der Waals surface area (Å²) in [6, 6.07) is 3.95. The molecule has 1 fully saturated rings. The first-order chi connectivity index (χ1) is 12.3. The summed E-state index contributed by atoms with van der Waals surface area (Å²) in [6.07, 6.45) is 3.24. The van der Waals surface area contributed by atoms with E-state index in [0.29, 0.717) is 37.9 Å². The fourth-order valence-electron chi connectivity index (χ4n) is 2.99. The van der Waals surface area contributed by atoms with Gasteiger partial charge in [0.25, 0.3) is 0 Å². The molecule has 0 radical (unpaired) electrons. The van der Waals surface area contributed by atoms with Crippen LogP contribution in [0.25, 0.3) is 0 Å². The molecule has 1 amide bonds. The van der Waals surface area contributed by atoms with Crippen molar-refractivity contribution in [3.05, 3.63) is 41.8 Å². The molecular formula is C18H25N5O3. The number of carbonyl (C=O) groups is 1. The van der Waals surface area contributed by atoms with E-state index in [1.54, 1.807) is 24.2 Å². The van der Waals surface area contributed by atoms with Gasteiger partial charge in [-0.2, -0.15) is 4.98 Å². The summed E-state index contributed by atoms with van der Waals surface area (Å²) in [5.74, 6) is 1.19. The molecule has 0 aromatic carbocycles. The predicted octanol–water partition coefficient (Wildman–Crippen LogP) is 2.57. The van der Waals surface area contributed by atoms with E-state index >= 15 is 0 Å². The van der Waals surface area contributed by atoms with Gasteiger partial charge in [-0.25, -0.2) is 4.79 Å². The lowest BCUT2D eigenvalue weighted by atomic mass is 10.0. The van der Waals surface area contributed by atoms with Crippen molar-refractivity contribution in [1.82, 2.24) is 24.9 Å². The second kappa shape index (κ2) is 7.41. The van der Waals surface area contributed by atoms with Gasteiger partial charge in [0.05, 0.1) is 12.6 Å². The molecule has 0 aliphatic carbocycles. The van der Waals surface area contributed by atoms with Crippen molar-refractivity contribution in [2.75, 3.05) is 19.6 Å². The standard InChI is InChI=1S/C18H25N5O3/c1-13-20-16(21-26-13)12-22-9-10-23(17(24)25-18(2,3)4)11-15(22)14-5-7-19-8-6-14/h5-8,15H,9-12H2,1-4H3. The molecule has 2 aromatic rings. The third-order valence-electron chi connectivity index (χ3n) is 4.15. The lowest BCUT2D eigenvalue weighted by molar-refractivity contribution is 0.00153. The molecule has 1 aliphatic heterocycles. The predicted molar refractivity (Wildman–Crippen MR) is 94.2 cm³/mol. The molecule has 0 bridgehead atoms. The first-order valence-electron chi connectivity index (χ1n) is 8.73. The highest BCUT2D eigenvalue weighted by Gasteiger charge is 2.33. The molecule has 140 valence electrons. The summed E-state index contributed by atoms with van der Waals surface area (Å²) in [6.45, 7) is 9.78. The van der Waals surface area contributed by atoms with E-state index in [-0.39, 0.29) is 12.1 Å². The maximum absolute atomic E-state index is 12.5. The van der Waals surface area contributed by atoms with Crippen LogP contribution in [0.15, 0.2) is 29.0 Å². The molecule has 0 N–H and O–H groups in total. The highest BCUT2D eigenvalue weighted by molar-refractivity contribution is 5.68. The first-order valence-corrected chi connectivity index (χ1v) is 8.73. The van der Waals surface area contributed by atoms with Crippen molar-refractivity contribution in [2.24, 2.45) is 0 Å². The van der Waals surface area contributed by atoms with Crippen LogP contribution in [-0.4, -0.2) is 56.3 Å². The number of amides is 1. The van der Waals surface area contributed by atoms with Crippen LogP contribution in [0, 0.1) is 6.92 Å². The van der Waals surface area contributed by atoms with Gasteiger partial charge in [-0.15, -0.1) is 0 Å². The van der Waals surface area contributed by atoms with Gasteiger partial charge in [0.2, 0.25) is 5.89 Å². The Morgan fingerprint density at radius 1 is 1.31 bits per heavy atom. The molecule has 2 aromatic heterocycles. The van der Waals surface area contributed by atoms with E-state index < -0.39 is 5.60 Å². The van der Waals surface area contributed by atoms with Crippen LogP contribution in [0.1, 0.15) is 44.1 Å². The van der Waals surface area contributed by atoms with E-state index in [9.17, 15) is 4.79 Å². The minimum absolute atomic E-state index is 0.0121. The maximum Gasteiger partial charge on any atom is 0.410 e. The Labute approximate surface area is 153 Å². The van der Waals surface area contributed by atoms with Crippen molar-refractivity contribution in [3.63, 3.8) is 0 Å². The van der Waals surface area contributed by atoms with Gasteiger partial charge in [0, 0.05) is 39.0 Å². The third-order valence-corrected chi connectivity index (χ3v) is 4.15. The van der Waals surface area contributed by atoms with Crippen LogP contribution < -0.4 is 0 Å². The molecule has 8 heteroatoms. The lowest BCUT2D eigenvalue weighted by Crippen LogP contribution is -2.51. The van der Waals surface area contributed by atoms with Gasteiger partial charge >= 0.3 is 6.09 Å². The number of pyridine rings is 1. The zero-order valence-electron chi connectivity index (χ0n) is 15.7. The third kappa shape index (κ3) is 4.57. The SMILES string of the molecule is Cc1nc(CN2CCN(C(=O)OC(C)(C)C)CC2c2ccncc2)no1. The normalized spacial score (nSPS) is 18.8. The average molecular weight is 359 g/mol. The molecule has 26 heavy (non-hydrogen) atoms. The second-order valence-corrected chi connectivity index (χ2v) is 7.42. The molecule has 1 atom stereocenters. The molecule has 3 rings (SSSR count).